The molecule has 2 saturated carbocycles. The lowest BCUT2D eigenvalue weighted by atomic mass is 9.70. The molecular formula is C25H39ClN2O2. The Balaban J connectivity index is 1.14. The quantitative estimate of drug-likeness (QED) is 0.656. The first-order chi connectivity index (χ1) is 14.3. The van der Waals surface area contributed by atoms with Gasteiger partial charge in [-0.3, -0.25) is 9.80 Å². The number of fused-ring (bicyclic) bond motifs is 2. The van der Waals surface area contributed by atoms with E-state index in [0.717, 1.165) is 56.6 Å². The minimum Gasteiger partial charge on any atom is -0.392 e. The second kappa shape index (κ2) is 9.07. The first-order valence-corrected chi connectivity index (χ1v) is 12.1. The van der Waals surface area contributed by atoms with Gasteiger partial charge < -0.3 is 9.84 Å². The maximum Gasteiger partial charge on any atom is 0.0689 e. The van der Waals surface area contributed by atoms with Crippen molar-refractivity contribution in [3.8, 4) is 0 Å². The van der Waals surface area contributed by atoms with Crippen molar-refractivity contribution in [1.82, 2.24) is 9.80 Å². The van der Waals surface area contributed by atoms with E-state index in [2.05, 4.69) is 42.7 Å². The smallest absolute Gasteiger partial charge is 0.0689 e. The predicted molar refractivity (Wildman–Crippen MR) is 123 cm³/mol. The Morgan fingerprint density at radius 1 is 1.10 bits per heavy atom. The van der Waals surface area contributed by atoms with Crippen molar-refractivity contribution >= 4 is 11.6 Å². The van der Waals surface area contributed by atoms with E-state index >= 15 is 0 Å². The maximum atomic E-state index is 10.6. The molecule has 0 aromatic heterocycles. The van der Waals surface area contributed by atoms with Crippen LogP contribution in [0.25, 0.3) is 0 Å². The van der Waals surface area contributed by atoms with E-state index in [-0.39, 0.29) is 6.10 Å². The summed E-state index contributed by atoms with van der Waals surface area (Å²) < 4.78 is 6.33. The molecule has 1 heterocycles. The summed E-state index contributed by atoms with van der Waals surface area (Å²) in [7, 11) is 0. The van der Waals surface area contributed by atoms with Crippen LogP contribution in [0.4, 0.5) is 0 Å². The molecule has 0 spiro atoms. The summed E-state index contributed by atoms with van der Waals surface area (Å²) in [6.07, 6.45) is 4.66. The van der Waals surface area contributed by atoms with Crippen molar-refractivity contribution in [1.29, 1.82) is 0 Å². The molecule has 1 aromatic carbocycles. The lowest BCUT2D eigenvalue weighted by molar-refractivity contribution is -0.0570. The summed E-state index contributed by atoms with van der Waals surface area (Å²) in [6.45, 7) is 13.8. The van der Waals surface area contributed by atoms with Crippen molar-refractivity contribution < 1.29 is 9.84 Å². The molecule has 0 amide bonds. The highest BCUT2D eigenvalue weighted by atomic mass is 35.5. The molecule has 5 heteroatoms. The number of β-amino-alcohol motifs (C(OH)–C–C–N with tert-alkyl or cyclic N) is 1. The molecule has 4 rings (SSSR count). The fraction of sp³-hybridized carbons (Fsp3) is 0.760. The third-order valence-electron chi connectivity index (χ3n) is 8.74. The molecule has 0 radical (unpaired) electrons. The van der Waals surface area contributed by atoms with Crippen LogP contribution in [0.3, 0.4) is 0 Å². The van der Waals surface area contributed by atoms with Gasteiger partial charge in [0, 0.05) is 50.9 Å². The minimum atomic E-state index is -0.299. The van der Waals surface area contributed by atoms with Crippen LogP contribution in [-0.2, 0) is 11.3 Å². The van der Waals surface area contributed by atoms with Gasteiger partial charge >= 0.3 is 0 Å². The van der Waals surface area contributed by atoms with Crippen molar-refractivity contribution in [3.05, 3.63) is 34.9 Å². The number of aliphatic hydroxyl groups is 1. The van der Waals surface area contributed by atoms with Crippen LogP contribution in [-0.4, -0.2) is 66.4 Å². The van der Waals surface area contributed by atoms with Crippen molar-refractivity contribution in [2.75, 3.05) is 39.3 Å². The monoisotopic (exact) mass is 434 g/mol. The van der Waals surface area contributed by atoms with E-state index < -0.39 is 0 Å². The highest BCUT2D eigenvalue weighted by Gasteiger charge is 2.61. The van der Waals surface area contributed by atoms with Crippen molar-refractivity contribution in [2.45, 2.75) is 65.2 Å². The topological polar surface area (TPSA) is 35.9 Å². The summed E-state index contributed by atoms with van der Waals surface area (Å²) in [5.74, 6) is 0.807. The second-order valence-corrected chi connectivity index (χ2v) is 11.1. The number of hydrogen-bond donors (Lipinski definition) is 1. The third-order valence-corrected chi connectivity index (χ3v) is 8.99. The van der Waals surface area contributed by atoms with Gasteiger partial charge in [0.25, 0.3) is 0 Å². The largest absolute Gasteiger partial charge is 0.392 e. The molecular weight excluding hydrogens is 396 g/mol. The Labute approximate surface area is 187 Å². The second-order valence-electron chi connectivity index (χ2n) is 10.6. The summed E-state index contributed by atoms with van der Waals surface area (Å²) in [4.78, 5) is 4.87. The molecule has 1 saturated heterocycles. The van der Waals surface area contributed by atoms with E-state index in [4.69, 9.17) is 16.3 Å². The average molecular weight is 435 g/mol. The van der Waals surface area contributed by atoms with Gasteiger partial charge in [0.2, 0.25) is 0 Å². The van der Waals surface area contributed by atoms with Gasteiger partial charge in [-0.15, -0.1) is 0 Å². The first-order valence-electron chi connectivity index (χ1n) is 11.8. The van der Waals surface area contributed by atoms with Crippen LogP contribution in [0.5, 0.6) is 0 Å². The Bertz CT molecular complexity index is 702. The molecule has 1 N–H and O–H groups in total. The van der Waals surface area contributed by atoms with Crippen LogP contribution in [0.15, 0.2) is 24.3 Å². The number of aliphatic hydroxyl groups excluding tert-OH is 1. The molecule has 168 valence electrons. The van der Waals surface area contributed by atoms with Crippen LogP contribution in [0.1, 0.15) is 52.0 Å². The Morgan fingerprint density at radius 2 is 1.77 bits per heavy atom. The number of ether oxygens (including phenoxy) is 1. The van der Waals surface area contributed by atoms with Crippen LogP contribution < -0.4 is 0 Å². The van der Waals surface area contributed by atoms with Crippen molar-refractivity contribution in [2.24, 2.45) is 16.7 Å². The van der Waals surface area contributed by atoms with Gasteiger partial charge in [-0.05, 0) is 60.1 Å². The summed E-state index contributed by atoms with van der Waals surface area (Å²) >= 11 is 5.98. The van der Waals surface area contributed by atoms with Crippen LogP contribution in [0, 0.1) is 16.7 Å². The van der Waals surface area contributed by atoms with Crippen LogP contribution >= 0.6 is 11.6 Å². The summed E-state index contributed by atoms with van der Waals surface area (Å²) in [5.41, 5.74) is 2.01. The molecule has 2 bridgehead atoms. The van der Waals surface area contributed by atoms with Crippen molar-refractivity contribution in [3.63, 3.8) is 0 Å². The molecule has 3 fully saturated rings. The fourth-order valence-electron chi connectivity index (χ4n) is 6.10. The van der Waals surface area contributed by atoms with E-state index in [9.17, 15) is 5.11 Å². The van der Waals surface area contributed by atoms with E-state index in [1.165, 1.54) is 24.8 Å². The molecule has 1 aliphatic heterocycles. The normalized spacial score (nSPS) is 32.6. The predicted octanol–water partition coefficient (Wildman–Crippen LogP) is 4.44. The fourth-order valence-corrected chi connectivity index (χ4v) is 6.22. The zero-order chi connectivity index (χ0) is 21.4. The zero-order valence-corrected chi connectivity index (χ0v) is 19.7. The minimum absolute atomic E-state index is 0.299. The summed E-state index contributed by atoms with van der Waals surface area (Å²) in [6, 6.07) is 8.14. The third kappa shape index (κ3) is 4.59. The summed E-state index contributed by atoms with van der Waals surface area (Å²) in [5, 5.41) is 11.3. The first kappa shape index (κ1) is 22.5. The molecule has 1 aromatic rings. The standard InChI is InChI=1S/C25H39ClN2O2/c1-24(2)20-8-10-25(24,3)23(16-20)30-15-9-22(29)18-28-13-11-27(12-14-28)17-19-4-6-21(26)7-5-19/h4-7,20,22-23,29H,8-18H2,1-3H3/t20-,22+,23-,25+/m1/s1. The maximum absolute atomic E-state index is 10.6. The molecule has 30 heavy (non-hydrogen) atoms. The Hall–Kier alpha value is -0.650. The van der Waals surface area contributed by atoms with Gasteiger partial charge in [-0.25, -0.2) is 0 Å². The van der Waals surface area contributed by atoms with Gasteiger partial charge in [-0.2, -0.15) is 0 Å². The molecule has 4 nitrogen and oxygen atoms in total. The number of nitrogens with zero attached hydrogens (tertiary/aromatic N) is 2. The van der Waals surface area contributed by atoms with Crippen LogP contribution in [0.2, 0.25) is 5.02 Å². The van der Waals surface area contributed by atoms with Gasteiger partial charge in [0.1, 0.15) is 0 Å². The Morgan fingerprint density at radius 3 is 2.37 bits per heavy atom. The number of halogens is 1. The molecule has 0 unspecified atom stereocenters. The highest BCUT2D eigenvalue weighted by Crippen LogP contribution is 2.66. The van der Waals surface area contributed by atoms with Gasteiger partial charge in [-0.1, -0.05) is 44.5 Å². The lowest BCUT2D eigenvalue weighted by Crippen LogP contribution is -2.48. The van der Waals surface area contributed by atoms with E-state index in [1.54, 1.807) is 0 Å². The number of hydrogen-bond acceptors (Lipinski definition) is 4. The van der Waals surface area contributed by atoms with Gasteiger partial charge in [0.15, 0.2) is 0 Å². The lowest BCUT2D eigenvalue weighted by Gasteiger charge is -2.39. The molecule has 3 aliphatic rings. The molecule has 4 atom stereocenters. The number of benzene rings is 1. The average Bonchev–Trinajstić information content (AvgIpc) is 3.05. The zero-order valence-electron chi connectivity index (χ0n) is 18.9. The van der Waals surface area contributed by atoms with E-state index in [1.807, 2.05) is 12.1 Å². The highest BCUT2D eigenvalue weighted by molar-refractivity contribution is 6.30. The molecule has 2 aliphatic carbocycles. The number of piperazine rings is 1. The van der Waals surface area contributed by atoms with E-state index in [0.29, 0.717) is 23.5 Å². The van der Waals surface area contributed by atoms with Gasteiger partial charge in [0.05, 0.1) is 12.2 Å². The number of rotatable bonds is 8. The Kier molecular flexibility index (Phi) is 6.82. The SMILES string of the molecule is CC1(C)[C@@H]2CC[C@@]1(C)[C@H](OCC[C@H](O)CN1CCN(Cc3ccc(Cl)cc3)CC1)C2.